The monoisotopic (exact) mass is 377 g/mol. The van der Waals surface area contributed by atoms with E-state index in [2.05, 4.69) is 0 Å². The van der Waals surface area contributed by atoms with Crippen LogP contribution in [0.5, 0.6) is 5.75 Å². The minimum Gasteiger partial charge on any atom is -0.496 e. The molecule has 0 N–H and O–H groups in total. The average Bonchev–Trinajstić information content (AvgIpc) is 3.25. The molecule has 0 spiro atoms. The smallest absolute Gasteiger partial charge is 0.264 e. The van der Waals surface area contributed by atoms with E-state index < -0.39 is 0 Å². The molecule has 124 valence electrons. The van der Waals surface area contributed by atoms with Crippen molar-refractivity contribution in [2.45, 2.75) is 13.1 Å². The summed E-state index contributed by atoms with van der Waals surface area (Å²) in [6.45, 7) is 1.04. The molecule has 3 nitrogen and oxygen atoms in total. The van der Waals surface area contributed by atoms with Crippen molar-refractivity contribution >= 4 is 40.2 Å². The van der Waals surface area contributed by atoms with Gasteiger partial charge in [0.25, 0.3) is 5.91 Å². The quantitative estimate of drug-likeness (QED) is 0.582. The van der Waals surface area contributed by atoms with E-state index in [4.69, 9.17) is 16.3 Å². The zero-order chi connectivity index (χ0) is 16.9. The van der Waals surface area contributed by atoms with Crippen molar-refractivity contribution in [2.24, 2.45) is 0 Å². The zero-order valence-corrected chi connectivity index (χ0v) is 15.5. The number of hydrogen-bond donors (Lipinski definition) is 0. The molecule has 1 amide bonds. The van der Waals surface area contributed by atoms with Crippen molar-refractivity contribution in [1.29, 1.82) is 0 Å². The van der Waals surface area contributed by atoms with Gasteiger partial charge in [0.05, 0.1) is 29.4 Å². The molecule has 0 saturated carbocycles. The second-order valence-corrected chi connectivity index (χ2v) is 7.90. The Morgan fingerprint density at radius 2 is 1.96 bits per heavy atom. The molecule has 0 fully saturated rings. The summed E-state index contributed by atoms with van der Waals surface area (Å²) in [5.41, 5.74) is 0.979. The largest absolute Gasteiger partial charge is 0.496 e. The first-order valence-corrected chi connectivity index (χ1v) is 9.43. The summed E-state index contributed by atoms with van der Waals surface area (Å²) >= 11 is 8.94. The maximum absolute atomic E-state index is 12.9. The average molecular weight is 378 g/mol. The standard InChI is InChI=1S/C18H16ClNO2S2/c1-22-15-7-3-2-5-13(15)11-20(12-14-6-4-10-23-14)18(21)16-8-9-17(19)24-16/h2-10H,11-12H2,1H3. The lowest BCUT2D eigenvalue weighted by Crippen LogP contribution is -2.29. The van der Waals surface area contributed by atoms with Gasteiger partial charge in [-0.1, -0.05) is 35.9 Å². The van der Waals surface area contributed by atoms with Gasteiger partial charge in [-0.2, -0.15) is 0 Å². The van der Waals surface area contributed by atoms with Crippen LogP contribution in [-0.2, 0) is 13.1 Å². The van der Waals surface area contributed by atoms with Crippen LogP contribution in [0.1, 0.15) is 20.1 Å². The zero-order valence-electron chi connectivity index (χ0n) is 13.1. The molecule has 2 heterocycles. The van der Waals surface area contributed by atoms with E-state index in [1.807, 2.05) is 46.7 Å². The number of amides is 1. The molecule has 24 heavy (non-hydrogen) atoms. The minimum atomic E-state index is -0.0220. The van der Waals surface area contributed by atoms with Gasteiger partial charge in [-0.3, -0.25) is 4.79 Å². The van der Waals surface area contributed by atoms with Crippen LogP contribution in [-0.4, -0.2) is 17.9 Å². The first-order chi connectivity index (χ1) is 11.7. The highest BCUT2D eigenvalue weighted by Crippen LogP contribution is 2.26. The fourth-order valence-corrected chi connectivity index (χ4v) is 4.14. The lowest BCUT2D eigenvalue weighted by atomic mass is 10.2. The number of para-hydroxylation sites is 1. The summed E-state index contributed by atoms with van der Waals surface area (Å²) in [5, 5.41) is 2.02. The predicted octanol–water partition coefficient (Wildman–Crippen LogP) is 5.31. The predicted molar refractivity (Wildman–Crippen MR) is 100 cm³/mol. The number of hydrogen-bond acceptors (Lipinski definition) is 4. The SMILES string of the molecule is COc1ccccc1CN(Cc1cccs1)C(=O)c1ccc(Cl)s1. The summed E-state index contributed by atoms with van der Waals surface area (Å²) in [6.07, 6.45) is 0. The van der Waals surface area contributed by atoms with Crippen molar-refractivity contribution in [3.05, 3.63) is 73.6 Å². The Kier molecular flexibility index (Phi) is 5.56. The number of methoxy groups -OCH3 is 1. The summed E-state index contributed by atoms with van der Waals surface area (Å²) < 4.78 is 6.03. The Morgan fingerprint density at radius 3 is 2.62 bits per heavy atom. The van der Waals surface area contributed by atoms with Gasteiger partial charge in [0.15, 0.2) is 0 Å². The van der Waals surface area contributed by atoms with Crippen molar-refractivity contribution < 1.29 is 9.53 Å². The highest BCUT2D eigenvalue weighted by Gasteiger charge is 2.20. The third-order valence-electron chi connectivity index (χ3n) is 3.55. The molecule has 0 unspecified atom stereocenters. The molecule has 0 aliphatic heterocycles. The van der Waals surface area contributed by atoms with Crippen molar-refractivity contribution in [3.63, 3.8) is 0 Å². The first-order valence-electron chi connectivity index (χ1n) is 7.36. The van der Waals surface area contributed by atoms with Crippen LogP contribution in [0.25, 0.3) is 0 Å². The third-order valence-corrected chi connectivity index (χ3v) is 5.63. The van der Waals surface area contributed by atoms with E-state index in [1.54, 1.807) is 30.6 Å². The number of benzene rings is 1. The lowest BCUT2D eigenvalue weighted by molar-refractivity contribution is 0.0735. The van der Waals surface area contributed by atoms with Gasteiger partial charge in [-0.05, 0) is 29.6 Å². The van der Waals surface area contributed by atoms with Crippen LogP contribution in [0.3, 0.4) is 0 Å². The van der Waals surface area contributed by atoms with Gasteiger partial charge in [0.2, 0.25) is 0 Å². The molecule has 0 bridgehead atoms. The Bertz CT molecular complexity index is 814. The minimum absolute atomic E-state index is 0.0220. The molecule has 2 aromatic heterocycles. The Labute approximate surface area is 154 Å². The molecule has 3 aromatic rings. The Balaban J connectivity index is 1.88. The van der Waals surface area contributed by atoms with Gasteiger partial charge < -0.3 is 9.64 Å². The highest BCUT2D eigenvalue weighted by atomic mass is 35.5. The summed E-state index contributed by atoms with van der Waals surface area (Å²) in [7, 11) is 1.64. The van der Waals surface area contributed by atoms with E-state index in [0.29, 0.717) is 22.3 Å². The Morgan fingerprint density at radius 1 is 1.12 bits per heavy atom. The van der Waals surface area contributed by atoms with Gasteiger partial charge in [-0.15, -0.1) is 22.7 Å². The number of halogens is 1. The van der Waals surface area contributed by atoms with Crippen LogP contribution in [0.4, 0.5) is 0 Å². The number of carbonyl (C=O) groups excluding carboxylic acids is 1. The van der Waals surface area contributed by atoms with Crippen molar-refractivity contribution in [2.75, 3.05) is 7.11 Å². The normalized spacial score (nSPS) is 10.6. The molecule has 6 heteroatoms. The maximum atomic E-state index is 12.9. The third kappa shape index (κ3) is 3.98. The molecule has 1 aromatic carbocycles. The number of nitrogens with zero attached hydrogens (tertiary/aromatic N) is 1. The van der Waals surface area contributed by atoms with E-state index in [9.17, 15) is 4.79 Å². The van der Waals surface area contributed by atoms with Crippen LogP contribution >= 0.6 is 34.3 Å². The molecule has 0 saturated heterocycles. The first kappa shape index (κ1) is 17.0. The molecular weight excluding hydrogens is 362 g/mol. The number of rotatable bonds is 6. The molecule has 0 radical (unpaired) electrons. The molecule has 0 atom stereocenters. The summed E-state index contributed by atoms with van der Waals surface area (Å²) in [5.74, 6) is 0.761. The van der Waals surface area contributed by atoms with E-state index in [0.717, 1.165) is 16.2 Å². The van der Waals surface area contributed by atoms with Gasteiger partial charge in [-0.25, -0.2) is 0 Å². The van der Waals surface area contributed by atoms with Crippen LogP contribution in [0, 0.1) is 0 Å². The molecule has 3 rings (SSSR count). The van der Waals surface area contributed by atoms with Crippen molar-refractivity contribution in [3.8, 4) is 5.75 Å². The van der Waals surface area contributed by atoms with Gasteiger partial charge in [0.1, 0.15) is 5.75 Å². The topological polar surface area (TPSA) is 29.5 Å². The van der Waals surface area contributed by atoms with E-state index in [1.165, 1.54) is 11.3 Å². The summed E-state index contributed by atoms with van der Waals surface area (Å²) in [4.78, 5) is 16.5. The fourth-order valence-electron chi connectivity index (χ4n) is 2.41. The van der Waals surface area contributed by atoms with Gasteiger partial charge in [0, 0.05) is 10.4 Å². The number of thiophene rings is 2. The maximum Gasteiger partial charge on any atom is 0.264 e. The second kappa shape index (κ2) is 7.83. The fraction of sp³-hybridized carbons (Fsp3) is 0.167. The molecule has 0 aliphatic rings. The van der Waals surface area contributed by atoms with Crippen LogP contribution < -0.4 is 4.74 Å². The Hall–Kier alpha value is -1.82. The lowest BCUT2D eigenvalue weighted by Gasteiger charge is -2.22. The number of carbonyl (C=O) groups is 1. The van der Waals surface area contributed by atoms with E-state index >= 15 is 0 Å². The molecular formula is C18H16ClNO2S2. The van der Waals surface area contributed by atoms with Crippen molar-refractivity contribution in [1.82, 2.24) is 4.90 Å². The highest BCUT2D eigenvalue weighted by molar-refractivity contribution is 7.18. The second-order valence-electron chi connectivity index (χ2n) is 5.16. The van der Waals surface area contributed by atoms with Crippen LogP contribution in [0.2, 0.25) is 4.34 Å². The molecule has 0 aliphatic carbocycles. The van der Waals surface area contributed by atoms with Crippen LogP contribution in [0.15, 0.2) is 53.9 Å². The number of ether oxygens (including phenoxy) is 1. The van der Waals surface area contributed by atoms with Gasteiger partial charge >= 0.3 is 0 Å². The summed E-state index contributed by atoms with van der Waals surface area (Å²) in [6, 6.07) is 15.3. The van der Waals surface area contributed by atoms with E-state index in [-0.39, 0.29) is 5.91 Å².